The molecule has 18 heavy (non-hydrogen) atoms. The summed E-state index contributed by atoms with van der Waals surface area (Å²) in [6.45, 7) is 0. The summed E-state index contributed by atoms with van der Waals surface area (Å²) in [7, 11) is 0. The number of carbonyl (C=O) groups is 1. The van der Waals surface area contributed by atoms with Crippen molar-refractivity contribution in [3.8, 4) is 6.07 Å². The van der Waals surface area contributed by atoms with Crippen LogP contribution in [0, 0.1) is 11.3 Å². The van der Waals surface area contributed by atoms with Gasteiger partial charge >= 0.3 is 0 Å². The Morgan fingerprint density at radius 1 is 1.33 bits per heavy atom. The van der Waals surface area contributed by atoms with Crippen molar-refractivity contribution in [1.82, 2.24) is 4.98 Å². The largest absolute Gasteiger partial charge is 0.384 e. The van der Waals surface area contributed by atoms with Crippen molar-refractivity contribution in [3.05, 3.63) is 53.7 Å². The fraction of sp³-hybridized carbons (Fsp3) is 0. The van der Waals surface area contributed by atoms with Gasteiger partial charge in [-0.15, -0.1) is 0 Å². The van der Waals surface area contributed by atoms with E-state index in [1.165, 1.54) is 6.20 Å². The highest BCUT2D eigenvalue weighted by molar-refractivity contribution is 6.04. The van der Waals surface area contributed by atoms with E-state index in [1.807, 2.05) is 6.07 Å². The van der Waals surface area contributed by atoms with Crippen LogP contribution in [0.4, 0.5) is 11.5 Å². The highest BCUT2D eigenvalue weighted by Gasteiger charge is 2.06. The van der Waals surface area contributed by atoms with Crippen LogP contribution in [0.25, 0.3) is 0 Å². The lowest BCUT2D eigenvalue weighted by atomic mass is 10.2. The van der Waals surface area contributed by atoms with Crippen LogP contribution in [0.1, 0.15) is 15.9 Å². The molecule has 0 saturated carbocycles. The summed E-state index contributed by atoms with van der Waals surface area (Å²) in [6, 6.07) is 11.8. The molecule has 0 aliphatic rings. The smallest absolute Gasteiger partial charge is 0.257 e. The molecule has 0 fully saturated rings. The molecule has 88 valence electrons. The number of nitrogens with two attached hydrogens (primary N) is 1. The third-order valence-corrected chi connectivity index (χ3v) is 2.30. The van der Waals surface area contributed by atoms with Crippen LogP contribution in [0.5, 0.6) is 0 Å². The fourth-order valence-electron chi connectivity index (χ4n) is 1.41. The topological polar surface area (TPSA) is 91.8 Å². The molecule has 0 radical (unpaired) electrons. The number of nitrogen functional groups attached to an aromatic ring is 1. The molecule has 1 heterocycles. The van der Waals surface area contributed by atoms with Gasteiger partial charge in [0.2, 0.25) is 0 Å². The Labute approximate surface area is 104 Å². The minimum absolute atomic E-state index is 0.294. The number of anilines is 2. The average Bonchev–Trinajstić information content (AvgIpc) is 2.39. The van der Waals surface area contributed by atoms with E-state index in [1.54, 1.807) is 36.4 Å². The minimum Gasteiger partial charge on any atom is -0.384 e. The Hall–Kier alpha value is -2.87. The SMILES string of the molecule is N#Cc1cccc(NC(=O)c2ccc(N)nc2)c1. The van der Waals surface area contributed by atoms with Gasteiger partial charge in [-0.3, -0.25) is 4.79 Å². The molecule has 1 amide bonds. The Morgan fingerprint density at radius 2 is 2.17 bits per heavy atom. The third-order valence-electron chi connectivity index (χ3n) is 2.30. The lowest BCUT2D eigenvalue weighted by Gasteiger charge is -2.05. The molecule has 0 bridgehead atoms. The Bertz CT molecular complexity index is 614. The number of pyridine rings is 1. The predicted octanol–water partition coefficient (Wildman–Crippen LogP) is 1.79. The summed E-state index contributed by atoms with van der Waals surface area (Å²) >= 11 is 0. The van der Waals surface area contributed by atoms with E-state index in [-0.39, 0.29) is 5.91 Å². The number of amides is 1. The van der Waals surface area contributed by atoms with Crippen molar-refractivity contribution in [2.75, 3.05) is 11.1 Å². The highest BCUT2D eigenvalue weighted by Crippen LogP contribution is 2.11. The van der Waals surface area contributed by atoms with Gasteiger partial charge in [0.1, 0.15) is 5.82 Å². The molecule has 0 aliphatic carbocycles. The summed E-state index contributed by atoms with van der Waals surface area (Å²) < 4.78 is 0. The van der Waals surface area contributed by atoms with Gasteiger partial charge in [-0.05, 0) is 30.3 Å². The monoisotopic (exact) mass is 238 g/mol. The molecule has 0 aliphatic heterocycles. The average molecular weight is 238 g/mol. The van der Waals surface area contributed by atoms with Crippen molar-refractivity contribution in [3.63, 3.8) is 0 Å². The van der Waals surface area contributed by atoms with Gasteiger partial charge in [0.05, 0.1) is 17.2 Å². The van der Waals surface area contributed by atoms with E-state index in [4.69, 9.17) is 11.0 Å². The zero-order valence-electron chi connectivity index (χ0n) is 9.42. The molecule has 0 saturated heterocycles. The van der Waals surface area contributed by atoms with Crippen LogP contribution in [0.2, 0.25) is 0 Å². The second-order valence-corrected chi connectivity index (χ2v) is 3.62. The van der Waals surface area contributed by atoms with Crippen molar-refractivity contribution < 1.29 is 4.79 Å². The van der Waals surface area contributed by atoms with E-state index in [9.17, 15) is 4.79 Å². The van der Waals surface area contributed by atoms with E-state index >= 15 is 0 Å². The van der Waals surface area contributed by atoms with Crippen molar-refractivity contribution >= 4 is 17.4 Å². The van der Waals surface area contributed by atoms with Crippen molar-refractivity contribution in [2.45, 2.75) is 0 Å². The first kappa shape index (κ1) is 11.6. The number of carbonyl (C=O) groups excluding carboxylic acids is 1. The number of hydrogen-bond donors (Lipinski definition) is 2. The van der Waals surface area contributed by atoms with E-state index in [2.05, 4.69) is 10.3 Å². The minimum atomic E-state index is -0.294. The summed E-state index contributed by atoms with van der Waals surface area (Å²) in [5.74, 6) is 0.0654. The first-order chi connectivity index (χ1) is 8.69. The van der Waals surface area contributed by atoms with Gasteiger partial charge in [-0.2, -0.15) is 5.26 Å². The highest BCUT2D eigenvalue weighted by atomic mass is 16.1. The summed E-state index contributed by atoms with van der Waals surface area (Å²) in [6.07, 6.45) is 1.40. The van der Waals surface area contributed by atoms with E-state index < -0.39 is 0 Å². The quantitative estimate of drug-likeness (QED) is 0.834. The molecular formula is C13H10N4O. The number of aromatic nitrogens is 1. The Kier molecular flexibility index (Phi) is 3.21. The first-order valence-electron chi connectivity index (χ1n) is 5.22. The maximum absolute atomic E-state index is 11.9. The van der Waals surface area contributed by atoms with Gasteiger partial charge < -0.3 is 11.1 Å². The summed E-state index contributed by atoms with van der Waals surface area (Å²) in [5, 5.41) is 11.4. The molecule has 5 heteroatoms. The summed E-state index contributed by atoms with van der Waals surface area (Å²) in [5.41, 5.74) is 6.90. The zero-order valence-corrected chi connectivity index (χ0v) is 9.42. The Morgan fingerprint density at radius 3 is 2.83 bits per heavy atom. The number of nitrogens with zero attached hydrogens (tertiary/aromatic N) is 2. The van der Waals surface area contributed by atoms with Gasteiger partial charge in [-0.25, -0.2) is 4.98 Å². The molecular weight excluding hydrogens is 228 g/mol. The van der Waals surface area contributed by atoms with Crippen LogP contribution in [0.15, 0.2) is 42.6 Å². The standard InChI is InChI=1S/C13H10N4O/c14-7-9-2-1-3-11(6-9)17-13(18)10-4-5-12(15)16-8-10/h1-6,8H,(H2,15,16)(H,17,18). The van der Waals surface area contributed by atoms with Crippen LogP contribution in [0.3, 0.4) is 0 Å². The van der Waals surface area contributed by atoms with Crippen molar-refractivity contribution in [1.29, 1.82) is 5.26 Å². The molecule has 1 aromatic carbocycles. The molecule has 0 spiro atoms. The predicted molar refractivity (Wildman–Crippen MR) is 67.8 cm³/mol. The molecule has 2 aromatic rings. The van der Waals surface area contributed by atoms with Crippen LogP contribution >= 0.6 is 0 Å². The number of rotatable bonds is 2. The molecule has 0 atom stereocenters. The van der Waals surface area contributed by atoms with Gasteiger partial charge in [0.15, 0.2) is 0 Å². The first-order valence-corrected chi connectivity index (χ1v) is 5.22. The molecule has 1 aromatic heterocycles. The molecule has 0 unspecified atom stereocenters. The maximum atomic E-state index is 11.9. The summed E-state index contributed by atoms with van der Waals surface area (Å²) in [4.78, 5) is 15.7. The van der Waals surface area contributed by atoms with E-state index in [0.717, 1.165) is 0 Å². The molecule has 2 rings (SSSR count). The number of nitrogens with one attached hydrogen (secondary N) is 1. The number of benzene rings is 1. The molecule has 3 N–H and O–H groups in total. The lowest BCUT2D eigenvalue weighted by Crippen LogP contribution is -2.12. The molecule has 5 nitrogen and oxygen atoms in total. The number of hydrogen-bond acceptors (Lipinski definition) is 4. The Balaban J connectivity index is 2.16. The van der Waals surface area contributed by atoms with Gasteiger partial charge in [-0.1, -0.05) is 6.07 Å². The maximum Gasteiger partial charge on any atom is 0.257 e. The van der Waals surface area contributed by atoms with Crippen molar-refractivity contribution in [2.24, 2.45) is 0 Å². The van der Waals surface area contributed by atoms with Crippen LogP contribution in [-0.2, 0) is 0 Å². The van der Waals surface area contributed by atoms with Gasteiger partial charge in [0.25, 0.3) is 5.91 Å². The third kappa shape index (κ3) is 2.62. The fourth-order valence-corrected chi connectivity index (χ4v) is 1.41. The van der Waals surface area contributed by atoms with Crippen LogP contribution < -0.4 is 11.1 Å². The van der Waals surface area contributed by atoms with Crippen LogP contribution in [-0.4, -0.2) is 10.9 Å². The lowest BCUT2D eigenvalue weighted by molar-refractivity contribution is 0.102. The second kappa shape index (κ2) is 4.97. The van der Waals surface area contributed by atoms with E-state index in [0.29, 0.717) is 22.6 Å². The second-order valence-electron chi connectivity index (χ2n) is 3.62. The van der Waals surface area contributed by atoms with Gasteiger partial charge in [0, 0.05) is 11.9 Å². The zero-order chi connectivity index (χ0) is 13.0. The number of nitriles is 1. The normalized spacial score (nSPS) is 9.50.